The summed E-state index contributed by atoms with van der Waals surface area (Å²) in [5.74, 6) is 6.32. The van der Waals surface area contributed by atoms with Gasteiger partial charge in [0.15, 0.2) is 5.82 Å². The zero-order valence-electron chi connectivity index (χ0n) is 27.4. The third-order valence-electron chi connectivity index (χ3n) is 8.92. The van der Waals surface area contributed by atoms with Crippen LogP contribution < -0.4 is 21.2 Å². The van der Waals surface area contributed by atoms with Crippen molar-refractivity contribution in [3.8, 4) is 28.3 Å². The van der Waals surface area contributed by atoms with E-state index in [0.717, 1.165) is 22.8 Å². The number of amides is 1. The Balaban J connectivity index is 1.25. The number of imidazole rings is 1. The van der Waals surface area contributed by atoms with Gasteiger partial charge in [0, 0.05) is 62.2 Å². The maximum atomic E-state index is 14.8. The Morgan fingerprint density at radius 1 is 1.00 bits per heavy atom. The maximum Gasteiger partial charge on any atom is 0.243 e. The number of fused-ring (bicyclic) bond motifs is 7. The molecule has 3 aromatic carbocycles. The van der Waals surface area contributed by atoms with Crippen molar-refractivity contribution in [2.24, 2.45) is 15.9 Å². The second kappa shape index (κ2) is 13.9. The van der Waals surface area contributed by atoms with Crippen LogP contribution in [0.3, 0.4) is 0 Å². The van der Waals surface area contributed by atoms with E-state index in [-0.39, 0.29) is 30.2 Å². The minimum absolute atomic E-state index is 0.0184. The van der Waals surface area contributed by atoms with Crippen LogP contribution >= 0.6 is 0 Å². The number of hydrazine groups is 1. The molecule has 256 valence electrons. The fourth-order valence-electron chi connectivity index (χ4n) is 6.36. The molecule has 4 N–H and O–H groups in total. The van der Waals surface area contributed by atoms with E-state index in [9.17, 15) is 13.6 Å². The van der Waals surface area contributed by atoms with E-state index in [1.807, 2.05) is 36.4 Å². The summed E-state index contributed by atoms with van der Waals surface area (Å²) in [7, 11) is 1.73. The van der Waals surface area contributed by atoms with Crippen LogP contribution in [0.5, 0.6) is 5.75 Å². The molecule has 2 unspecified atom stereocenters. The molecule has 0 saturated carbocycles. The van der Waals surface area contributed by atoms with Gasteiger partial charge in [-0.2, -0.15) is 5.10 Å². The quantitative estimate of drug-likeness (QED) is 0.207. The number of hydrogen-bond donors (Lipinski definition) is 2. The molecule has 5 aromatic rings. The highest BCUT2D eigenvalue weighted by Crippen LogP contribution is 2.34. The number of aliphatic imine (C=N–C) groups is 1. The fraction of sp³-hybridized carbons (Fsp3) is 0.250. The number of benzene rings is 3. The molecule has 1 amide bonds. The second-order valence-electron chi connectivity index (χ2n) is 12.3. The molecule has 4 heterocycles. The summed E-state index contributed by atoms with van der Waals surface area (Å²) in [5.41, 5.74) is 10.2. The van der Waals surface area contributed by atoms with Gasteiger partial charge >= 0.3 is 0 Å². The molecule has 0 aliphatic carbocycles. The number of rotatable bonds is 2. The van der Waals surface area contributed by atoms with Crippen LogP contribution in [-0.2, 0) is 4.79 Å². The first-order valence-electron chi connectivity index (χ1n) is 16.2. The minimum atomic E-state index is -0.712. The van der Waals surface area contributed by atoms with Gasteiger partial charge in [0.1, 0.15) is 41.4 Å². The molecular weight excluding hydrogens is 642 g/mol. The molecule has 12 nitrogen and oxygen atoms in total. The van der Waals surface area contributed by atoms with Gasteiger partial charge in [-0.1, -0.05) is 24.3 Å². The first-order valence-corrected chi connectivity index (χ1v) is 16.2. The number of carbonyl (C=O) groups excluding carboxylic acids is 1. The van der Waals surface area contributed by atoms with E-state index < -0.39 is 11.6 Å². The Kier molecular flexibility index (Phi) is 9.09. The van der Waals surface area contributed by atoms with Crippen molar-refractivity contribution >= 4 is 35.4 Å². The number of nitrogens with two attached hydrogens (primary N) is 2. The third-order valence-corrected chi connectivity index (χ3v) is 8.92. The molecule has 4 bridgehead atoms. The third kappa shape index (κ3) is 6.69. The van der Waals surface area contributed by atoms with E-state index in [0.29, 0.717) is 61.1 Å². The first kappa shape index (κ1) is 32.6. The summed E-state index contributed by atoms with van der Waals surface area (Å²) in [6.07, 6.45) is 9.23. The lowest BCUT2D eigenvalue weighted by atomic mass is 9.98. The average Bonchev–Trinajstić information content (AvgIpc) is 3.72. The molecule has 2 aliphatic rings. The van der Waals surface area contributed by atoms with Gasteiger partial charge in [0.05, 0.1) is 30.9 Å². The van der Waals surface area contributed by atoms with E-state index in [2.05, 4.69) is 20.0 Å². The summed E-state index contributed by atoms with van der Waals surface area (Å²) in [6.45, 7) is 1.31. The predicted octanol–water partition coefficient (Wildman–Crippen LogP) is 4.39. The highest BCUT2D eigenvalue weighted by atomic mass is 19.1. The zero-order valence-corrected chi connectivity index (χ0v) is 27.4. The summed E-state index contributed by atoms with van der Waals surface area (Å²) in [6, 6.07) is 16.5. The van der Waals surface area contributed by atoms with Gasteiger partial charge in [0.25, 0.3) is 0 Å². The van der Waals surface area contributed by atoms with Gasteiger partial charge < -0.3 is 20.3 Å². The number of anilines is 2. The second-order valence-corrected chi connectivity index (χ2v) is 12.3. The van der Waals surface area contributed by atoms with Crippen molar-refractivity contribution in [1.29, 1.82) is 0 Å². The van der Waals surface area contributed by atoms with E-state index in [4.69, 9.17) is 21.3 Å². The Hall–Kier alpha value is -5.89. The van der Waals surface area contributed by atoms with E-state index in [1.165, 1.54) is 17.3 Å². The molecule has 14 heteroatoms. The SMILES string of the molecule is CN1CCCN(N)/N=C/C2CC(CN2c2nccn3c(-c4ccc(F)cc4F)ncc23)Oc2cccc(c2)-c2cccc(N)c2C=NCC1=O. The van der Waals surface area contributed by atoms with Crippen molar-refractivity contribution in [3.05, 3.63) is 96.5 Å². The number of likely N-dealkylation sites (N-methyl/N-ethyl adjacent to an activating group) is 1. The molecular formula is C36H36F2N10O2. The molecule has 2 aliphatic heterocycles. The number of nitrogens with zero attached hydrogens (tertiary/aromatic N) is 8. The Labute approximate surface area is 287 Å². The van der Waals surface area contributed by atoms with Crippen molar-refractivity contribution in [3.63, 3.8) is 0 Å². The molecule has 1 fully saturated rings. The van der Waals surface area contributed by atoms with Crippen LogP contribution in [0, 0.1) is 11.6 Å². The largest absolute Gasteiger partial charge is 0.488 e. The number of hydrazone groups is 1. The van der Waals surface area contributed by atoms with Crippen LogP contribution in [0.4, 0.5) is 20.3 Å². The highest BCUT2D eigenvalue weighted by molar-refractivity contribution is 5.97. The van der Waals surface area contributed by atoms with E-state index >= 15 is 0 Å². The van der Waals surface area contributed by atoms with Crippen LogP contribution in [0.1, 0.15) is 18.4 Å². The number of nitrogen functional groups attached to an aromatic ring is 1. The van der Waals surface area contributed by atoms with Crippen molar-refractivity contribution in [1.82, 2.24) is 24.4 Å². The number of ether oxygens (including phenoxy) is 1. The minimum Gasteiger partial charge on any atom is -0.488 e. The summed E-state index contributed by atoms with van der Waals surface area (Å²) >= 11 is 0. The van der Waals surface area contributed by atoms with Crippen molar-refractivity contribution in [2.45, 2.75) is 25.0 Å². The highest BCUT2D eigenvalue weighted by Gasteiger charge is 2.35. The molecule has 7 rings (SSSR count). The van der Waals surface area contributed by atoms with Crippen LogP contribution in [0.15, 0.2) is 89.3 Å². The van der Waals surface area contributed by atoms with Crippen molar-refractivity contribution in [2.75, 3.05) is 43.9 Å². The lowest BCUT2D eigenvalue weighted by Crippen LogP contribution is -2.35. The van der Waals surface area contributed by atoms with Gasteiger partial charge in [0.2, 0.25) is 5.91 Å². The van der Waals surface area contributed by atoms with Gasteiger partial charge in [-0.15, -0.1) is 0 Å². The molecule has 2 atom stereocenters. The summed E-state index contributed by atoms with van der Waals surface area (Å²) in [5, 5.41) is 5.89. The van der Waals surface area contributed by atoms with Gasteiger partial charge in [-0.05, 0) is 47.9 Å². The number of halogens is 2. The predicted molar refractivity (Wildman–Crippen MR) is 189 cm³/mol. The topological polar surface area (TPSA) is 143 Å². The normalized spacial score (nSPS) is 19.4. The molecule has 1 saturated heterocycles. The monoisotopic (exact) mass is 678 g/mol. The Morgan fingerprint density at radius 2 is 1.86 bits per heavy atom. The smallest absolute Gasteiger partial charge is 0.243 e. The van der Waals surface area contributed by atoms with Gasteiger partial charge in [-0.25, -0.2) is 29.7 Å². The van der Waals surface area contributed by atoms with Gasteiger partial charge in [-0.3, -0.25) is 14.2 Å². The summed E-state index contributed by atoms with van der Waals surface area (Å²) < 4.78 is 36.8. The summed E-state index contributed by atoms with van der Waals surface area (Å²) in [4.78, 5) is 30.1. The number of aromatic nitrogens is 3. The number of carbonyl (C=O) groups is 1. The van der Waals surface area contributed by atoms with Crippen LogP contribution in [-0.4, -0.2) is 88.1 Å². The lowest BCUT2D eigenvalue weighted by molar-refractivity contribution is -0.128. The molecule has 0 spiro atoms. The zero-order chi connectivity index (χ0) is 34.8. The van der Waals surface area contributed by atoms with Crippen molar-refractivity contribution < 1.29 is 18.3 Å². The molecule has 50 heavy (non-hydrogen) atoms. The first-order chi connectivity index (χ1) is 24.2. The maximum absolute atomic E-state index is 14.8. The molecule has 2 aromatic heterocycles. The molecule has 0 radical (unpaired) electrons. The fourth-order valence-corrected chi connectivity index (χ4v) is 6.36. The standard InChI is InChI=1S/C36H36F2N10O2/c1-45-12-4-13-48(40)44-18-25-17-27(50-26-6-2-5-23(15-26)28-7-3-8-32(39)30(28)19-41-21-34(45)49)22-47(25)36-33-20-43-35(46(33)14-11-42-36)29-10-9-24(37)16-31(29)38/h2-3,5-11,14-16,18-20,25,27H,4,12-13,17,21-22,39-40H2,1H3/b41-19?,44-18+. The average molecular weight is 679 g/mol. The lowest BCUT2D eigenvalue weighted by Gasteiger charge is -2.24. The Morgan fingerprint density at radius 3 is 2.72 bits per heavy atom. The number of hydrogen-bond acceptors (Lipinski definition) is 10. The Bertz CT molecular complexity index is 2100. The van der Waals surface area contributed by atoms with Crippen LogP contribution in [0.2, 0.25) is 0 Å². The van der Waals surface area contributed by atoms with Crippen LogP contribution in [0.25, 0.3) is 28.0 Å². The van der Waals surface area contributed by atoms with E-state index in [1.54, 1.807) is 53.4 Å².